The smallest absolute Gasteiger partial charge is 0.217 e. The van der Waals surface area contributed by atoms with Gasteiger partial charge in [-0.1, -0.05) is 58.7 Å². The lowest BCUT2D eigenvalue weighted by Gasteiger charge is -2.17. The molecule has 2 aromatic rings. The zero-order chi connectivity index (χ0) is 17.7. The minimum atomic E-state index is -0.204. The quantitative estimate of drug-likeness (QED) is 0.796. The van der Waals surface area contributed by atoms with Gasteiger partial charge in [0.25, 0.3) is 0 Å². The maximum Gasteiger partial charge on any atom is 0.217 e. The number of amides is 1. The molecule has 1 amide bonds. The Morgan fingerprint density at radius 3 is 1.75 bits per heavy atom. The highest BCUT2D eigenvalue weighted by atomic mass is 16.1. The molecule has 2 nitrogen and oxygen atoms in total. The van der Waals surface area contributed by atoms with Crippen molar-refractivity contribution >= 4 is 5.91 Å². The number of rotatable bonds is 7. The highest BCUT2D eigenvalue weighted by Crippen LogP contribution is 2.21. The van der Waals surface area contributed by atoms with Crippen LogP contribution in [0.3, 0.4) is 0 Å². The molecule has 0 radical (unpaired) electrons. The van der Waals surface area contributed by atoms with Crippen molar-refractivity contribution in [2.24, 2.45) is 11.7 Å². The molecule has 2 aromatic carbocycles. The van der Waals surface area contributed by atoms with E-state index in [0.29, 0.717) is 12.3 Å². The molecule has 0 bridgehead atoms. The number of carbonyl (C=O) groups is 1. The minimum Gasteiger partial charge on any atom is -0.370 e. The molecule has 2 N–H and O–H groups in total. The van der Waals surface area contributed by atoms with E-state index in [1.54, 1.807) is 0 Å². The Morgan fingerprint density at radius 2 is 1.29 bits per heavy atom. The third-order valence-corrected chi connectivity index (χ3v) is 4.42. The van der Waals surface area contributed by atoms with Gasteiger partial charge in [-0.05, 0) is 64.0 Å². The van der Waals surface area contributed by atoms with Crippen LogP contribution in [0.5, 0.6) is 0 Å². The Bertz CT molecular complexity index is 677. The first-order valence-corrected chi connectivity index (χ1v) is 8.74. The van der Waals surface area contributed by atoms with E-state index < -0.39 is 0 Å². The Labute approximate surface area is 146 Å². The Kier molecular flexibility index (Phi) is 6.19. The summed E-state index contributed by atoms with van der Waals surface area (Å²) in [4.78, 5) is 11.5. The van der Waals surface area contributed by atoms with E-state index in [-0.39, 0.29) is 5.91 Å². The van der Waals surface area contributed by atoms with Gasteiger partial charge in [-0.25, -0.2) is 0 Å². The first-order chi connectivity index (χ1) is 11.3. The molecule has 1 unspecified atom stereocenters. The number of benzene rings is 2. The van der Waals surface area contributed by atoms with Crippen LogP contribution in [0, 0.1) is 33.6 Å². The summed E-state index contributed by atoms with van der Waals surface area (Å²) in [6.07, 6.45) is 3.35. The number of primary amides is 1. The Balaban J connectivity index is 2.08. The zero-order valence-corrected chi connectivity index (χ0v) is 15.4. The van der Waals surface area contributed by atoms with Gasteiger partial charge in [0.05, 0.1) is 0 Å². The van der Waals surface area contributed by atoms with Crippen molar-refractivity contribution in [1.82, 2.24) is 0 Å². The average molecular weight is 323 g/mol. The van der Waals surface area contributed by atoms with E-state index in [4.69, 9.17) is 5.73 Å². The van der Waals surface area contributed by atoms with Crippen LogP contribution in [0.25, 0.3) is 0 Å². The lowest BCUT2D eigenvalue weighted by atomic mass is 9.88. The van der Waals surface area contributed by atoms with Gasteiger partial charge in [0.15, 0.2) is 0 Å². The number of aryl methyl sites for hydroxylation is 5. The number of hydrogen-bond acceptors (Lipinski definition) is 1. The summed E-state index contributed by atoms with van der Waals surface area (Å²) in [5.74, 6) is 0.0920. The van der Waals surface area contributed by atoms with Crippen molar-refractivity contribution in [3.8, 4) is 0 Å². The van der Waals surface area contributed by atoms with Crippen molar-refractivity contribution in [2.75, 3.05) is 0 Å². The lowest BCUT2D eigenvalue weighted by molar-refractivity contribution is -0.118. The molecular weight excluding hydrogens is 294 g/mol. The molecule has 1 atom stereocenters. The molecule has 0 heterocycles. The molecule has 128 valence electrons. The summed E-state index contributed by atoms with van der Waals surface area (Å²) in [5.41, 5.74) is 13.3. The van der Waals surface area contributed by atoms with Crippen LogP contribution in [0.15, 0.2) is 36.4 Å². The molecule has 0 aliphatic rings. The second kappa shape index (κ2) is 8.14. The zero-order valence-electron chi connectivity index (χ0n) is 15.4. The molecular formula is C22H29NO. The van der Waals surface area contributed by atoms with E-state index in [1.807, 2.05) is 0 Å². The number of nitrogens with two attached hydrogens (primary N) is 1. The van der Waals surface area contributed by atoms with Crippen LogP contribution in [0.1, 0.15) is 46.2 Å². The predicted octanol–water partition coefficient (Wildman–Crippen LogP) is 4.59. The van der Waals surface area contributed by atoms with Crippen molar-refractivity contribution in [3.63, 3.8) is 0 Å². The van der Waals surface area contributed by atoms with Gasteiger partial charge in [-0.2, -0.15) is 0 Å². The second-order valence-electron chi connectivity index (χ2n) is 7.27. The normalized spacial score (nSPS) is 12.2. The molecule has 0 aliphatic heterocycles. The van der Waals surface area contributed by atoms with Gasteiger partial charge in [0, 0.05) is 6.42 Å². The molecule has 0 fully saturated rings. The van der Waals surface area contributed by atoms with Crippen molar-refractivity contribution in [3.05, 3.63) is 69.8 Å². The Hall–Kier alpha value is -2.09. The predicted molar refractivity (Wildman–Crippen MR) is 101 cm³/mol. The fraction of sp³-hybridized carbons (Fsp3) is 0.409. The summed E-state index contributed by atoms with van der Waals surface area (Å²) in [6.45, 7) is 8.50. The van der Waals surface area contributed by atoms with Gasteiger partial charge in [-0.3, -0.25) is 4.79 Å². The number of hydrogen-bond donors (Lipinski definition) is 1. The summed E-state index contributed by atoms with van der Waals surface area (Å²) in [6, 6.07) is 13.3. The largest absolute Gasteiger partial charge is 0.370 e. The van der Waals surface area contributed by atoms with Crippen LogP contribution < -0.4 is 5.73 Å². The average Bonchev–Trinajstić information content (AvgIpc) is 2.42. The van der Waals surface area contributed by atoms with Gasteiger partial charge in [0.2, 0.25) is 5.91 Å². The monoisotopic (exact) mass is 323 g/mol. The fourth-order valence-corrected chi connectivity index (χ4v) is 3.67. The SMILES string of the molecule is Cc1cc(C)cc(CCC(CC(N)=O)Cc2cc(C)cc(C)c2)c1. The standard InChI is InChI=1S/C22H29NO/c1-15-7-16(2)10-19(9-15)5-6-20(14-22(23)24)13-21-11-17(3)8-18(4)12-21/h7-12,20H,5-6,13-14H2,1-4H3,(H2,23,24). The van der Waals surface area contributed by atoms with Crippen molar-refractivity contribution in [1.29, 1.82) is 0 Å². The molecule has 0 saturated carbocycles. The fourth-order valence-electron chi connectivity index (χ4n) is 3.67. The van der Waals surface area contributed by atoms with Gasteiger partial charge in [-0.15, -0.1) is 0 Å². The van der Waals surface area contributed by atoms with E-state index in [9.17, 15) is 4.79 Å². The molecule has 0 aromatic heterocycles. The van der Waals surface area contributed by atoms with E-state index in [1.165, 1.54) is 33.4 Å². The maximum absolute atomic E-state index is 11.5. The van der Waals surface area contributed by atoms with Crippen LogP contribution >= 0.6 is 0 Å². The maximum atomic E-state index is 11.5. The van der Waals surface area contributed by atoms with Crippen LogP contribution in [0.4, 0.5) is 0 Å². The third kappa shape index (κ3) is 5.84. The molecule has 2 rings (SSSR count). The minimum absolute atomic E-state index is 0.204. The molecule has 2 heteroatoms. The highest BCUT2D eigenvalue weighted by Gasteiger charge is 2.14. The van der Waals surface area contributed by atoms with E-state index in [2.05, 4.69) is 64.1 Å². The molecule has 0 saturated heterocycles. The van der Waals surface area contributed by atoms with Crippen LogP contribution in [0.2, 0.25) is 0 Å². The first-order valence-electron chi connectivity index (χ1n) is 8.74. The molecule has 0 spiro atoms. The van der Waals surface area contributed by atoms with Gasteiger partial charge in [0.1, 0.15) is 0 Å². The van der Waals surface area contributed by atoms with Crippen LogP contribution in [-0.2, 0) is 17.6 Å². The second-order valence-corrected chi connectivity index (χ2v) is 7.27. The van der Waals surface area contributed by atoms with Crippen molar-refractivity contribution < 1.29 is 4.79 Å². The van der Waals surface area contributed by atoms with E-state index >= 15 is 0 Å². The number of carbonyl (C=O) groups excluding carboxylic acids is 1. The summed E-state index contributed by atoms with van der Waals surface area (Å²) in [5, 5.41) is 0. The van der Waals surface area contributed by atoms with Gasteiger partial charge < -0.3 is 5.73 Å². The summed E-state index contributed by atoms with van der Waals surface area (Å²) in [7, 11) is 0. The van der Waals surface area contributed by atoms with Crippen LogP contribution in [-0.4, -0.2) is 5.91 Å². The Morgan fingerprint density at radius 1 is 0.833 bits per heavy atom. The third-order valence-electron chi connectivity index (χ3n) is 4.42. The van der Waals surface area contributed by atoms with Crippen molar-refractivity contribution in [2.45, 2.75) is 53.4 Å². The lowest BCUT2D eigenvalue weighted by Crippen LogP contribution is -2.18. The van der Waals surface area contributed by atoms with Gasteiger partial charge >= 0.3 is 0 Å². The molecule has 24 heavy (non-hydrogen) atoms. The highest BCUT2D eigenvalue weighted by molar-refractivity contribution is 5.74. The topological polar surface area (TPSA) is 43.1 Å². The van der Waals surface area contributed by atoms with E-state index in [0.717, 1.165) is 19.3 Å². The molecule has 0 aliphatic carbocycles. The summed E-state index contributed by atoms with van der Waals surface area (Å²) >= 11 is 0. The first kappa shape index (κ1) is 18.3. The summed E-state index contributed by atoms with van der Waals surface area (Å²) < 4.78 is 0.